The van der Waals surface area contributed by atoms with Gasteiger partial charge in [0.2, 0.25) is 0 Å². The van der Waals surface area contributed by atoms with Crippen molar-refractivity contribution in [2.75, 3.05) is 0 Å². The molecule has 0 amide bonds. The summed E-state index contributed by atoms with van der Waals surface area (Å²) in [5, 5.41) is 8.48. The van der Waals surface area contributed by atoms with Crippen molar-refractivity contribution in [3.63, 3.8) is 0 Å². The van der Waals surface area contributed by atoms with Gasteiger partial charge in [-0.15, -0.1) is 5.10 Å². The zero-order valence-electron chi connectivity index (χ0n) is 15.6. The second kappa shape index (κ2) is 7.72. The van der Waals surface area contributed by atoms with Gasteiger partial charge in [-0.25, -0.2) is 4.68 Å². The van der Waals surface area contributed by atoms with Gasteiger partial charge in [0.1, 0.15) is 5.52 Å². The molecule has 0 N–H and O–H groups in total. The van der Waals surface area contributed by atoms with Gasteiger partial charge in [0.15, 0.2) is 0 Å². The van der Waals surface area contributed by atoms with Crippen LogP contribution in [-0.2, 0) is 16.6 Å². The van der Waals surface area contributed by atoms with Crippen LogP contribution in [0.1, 0.15) is 22.7 Å². The standard InChI is InChI=1S/C21H18F2N3O3P/c22-21(23,30(27,28)29)17-12-10-15(11-13-17)14-20(16-6-2-1-3-7-16)26-19-9-5-4-8-18(19)24-25-26/h1-13,20H,14H2,(H2,27,28,29)/p-2. The fourth-order valence-electron chi connectivity index (χ4n) is 3.36. The van der Waals surface area contributed by atoms with Crippen LogP contribution >= 0.6 is 7.60 Å². The van der Waals surface area contributed by atoms with Gasteiger partial charge in [0.25, 0.3) is 5.66 Å². The molecule has 1 unspecified atom stereocenters. The highest BCUT2D eigenvalue weighted by atomic mass is 31.2. The summed E-state index contributed by atoms with van der Waals surface area (Å²) in [6, 6.07) is 21.5. The molecule has 9 heteroatoms. The molecule has 3 aromatic carbocycles. The molecule has 0 aliphatic rings. The number of alkyl halides is 2. The lowest BCUT2D eigenvalue weighted by Crippen LogP contribution is -2.29. The third kappa shape index (κ3) is 3.77. The van der Waals surface area contributed by atoms with Crippen molar-refractivity contribution in [2.45, 2.75) is 18.1 Å². The van der Waals surface area contributed by atoms with E-state index in [1.165, 1.54) is 12.1 Å². The molecule has 6 nitrogen and oxygen atoms in total. The summed E-state index contributed by atoms with van der Waals surface area (Å²) in [6.07, 6.45) is 0.398. The third-order valence-electron chi connectivity index (χ3n) is 4.93. The summed E-state index contributed by atoms with van der Waals surface area (Å²) in [5.74, 6) is 0. The molecular formula is C21H16F2N3O3P-2. The lowest BCUT2D eigenvalue weighted by molar-refractivity contribution is -0.335. The minimum absolute atomic E-state index is 0.268. The molecule has 1 atom stereocenters. The Balaban J connectivity index is 1.71. The van der Waals surface area contributed by atoms with Gasteiger partial charge in [-0.2, -0.15) is 8.78 Å². The number of rotatable bonds is 6. The van der Waals surface area contributed by atoms with Crippen molar-refractivity contribution in [1.29, 1.82) is 0 Å². The number of hydrogen-bond acceptors (Lipinski definition) is 5. The summed E-state index contributed by atoms with van der Waals surface area (Å²) in [4.78, 5) is 21.8. The van der Waals surface area contributed by atoms with E-state index >= 15 is 0 Å². The molecule has 4 rings (SSSR count). The maximum absolute atomic E-state index is 13.8. The summed E-state index contributed by atoms with van der Waals surface area (Å²) < 4.78 is 40.3. The van der Waals surface area contributed by atoms with Gasteiger partial charge in [-0.05, 0) is 29.7 Å². The van der Waals surface area contributed by atoms with Crippen LogP contribution < -0.4 is 9.79 Å². The molecule has 0 bridgehead atoms. The van der Waals surface area contributed by atoms with Crippen LogP contribution in [0.3, 0.4) is 0 Å². The molecule has 30 heavy (non-hydrogen) atoms. The number of aromatic nitrogens is 3. The van der Waals surface area contributed by atoms with E-state index < -0.39 is 18.8 Å². The molecule has 0 aliphatic heterocycles. The predicted octanol–water partition coefficient (Wildman–Crippen LogP) is 3.23. The van der Waals surface area contributed by atoms with Gasteiger partial charge >= 0.3 is 0 Å². The molecule has 0 spiro atoms. The maximum atomic E-state index is 13.8. The van der Waals surface area contributed by atoms with E-state index in [2.05, 4.69) is 10.3 Å². The van der Waals surface area contributed by atoms with Crippen molar-refractivity contribution in [2.24, 2.45) is 0 Å². The van der Waals surface area contributed by atoms with Gasteiger partial charge in [-0.1, -0.05) is 71.9 Å². The number of fused-ring (bicyclic) bond motifs is 1. The maximum Gasteiger partial charge on any atom is 0.296 e. The van der Waals surface area contributed by atoms with Crippen molar-refractivity contribution in [3.8, 4) is 0 Å². The van der Waals surface area contributed by atoms with Gasteiger partial charge < -0.3 is 14.4 Å². The van der Waals surface area contributed by atoms with Crippen molar-refractivity contribution < 1.29 is 23.1 Å². The number of nitrogens with zero attached hydrogens (tertiary/aromatic N) is 3. The Bertz CT molecular complexity index is 1210. The molecule has 0 radical (unpaired) electrons. The second-order valence-corrected chi connectivity index (χ2v) is 8.45. The van der Waals surface area contributed by atoms with E-state index in [0.717, 1.165) is 28.7 Å². The quantitative estimate of drug-likeness (QED) is 0.441. The highest BCUT2D eigenvalue weighted by Crippen LogP contribution is 2.53. The first-order valence-corrected chi connectivity index (χ1v) is 10.7. The SMILES string of the molecule is O=P([O-])([O-])C(F)(F)c1ccc(CC(c2ccccc2)n2nnc3ccccc32)cc1. The smallest absolute Gasteiger partial charge is 0.296 e. The second-order valence-electron chi connectivity index (χ2n) is 6.89. The predicted molar refractivity (Wildman–Crippen MR) is 104 cm³/mol. The van der Waals surface area contributed by atoms with Crippen LogP contribution in [0.4, 0.5) is 8.78 Å². The molecule has 0 saturated carbocycles. The van der Waals surface area contributed by atoms with Gasteiger partial charge in [0, 0.05) is 13.2 Å². The van der Waals surface area contributed by atoms with Crippen LogP contribution in [0, 0.1) is 0 Å². The van der Waals surface area contributed by atoms with E-state index in [4.69, 9.17) is 0 Å². The Morgan fingerprint density at radius 3 is 2.23 bits per heavy atom. The summed E-state index contributed by atoms with van der Waals surface area (Å²) in [6.45, 7) is 0. The largest absolute Gasteiger partial charge is 0.806 e. The molecule has 1 aromatic heterocycles. The monoisotopic (exact) mass is 427 g/mol. The first-order chi connectivity index (χ1) is 14.3. The van der Waals surface area contributed by atoms with Gasteiger partial charge in [0.05, 0.1) is 11.6 Å². The zero-order chi connectivity index (χ0) is 21.4. The number of halogens is 2. The van der Waals surface area contributed by atoms with Crippen LogP contribution in [0.5, 0.6) is 0 Å². The minimum Gasteiger partial charge on any atom is -0.806 e. The minimum atomic E-state index is -6.10. The molecule has 1 heterocycles. The van der Waals surface area contributed by atoms with Crippen LogP contribution in [0.15, 0.2) is 78.9 Å². The summed E-state index contributed by atoms with van der Waals surface area (Å²) in [5.41, 5.74) is -2.11. The van der Waals surface area contributed by atoms with Crippen LogP contribution in [-0.4, -0.2) is 15.0 Å². The van der Waals surface area contributed by atoms with E-state index in [0.29, 0.717) is 12.0 Å². The number of hydrogen-bond donors (Lipinski definition) is 0. The fraction of sp³-hybridized carbons (Fsp3) is 0.143. The Labute approximate surface area is 170 Å². The number of para-hydroxylation sites is 1. The van der Waals surface area contributed by atoms with E-state index in [-0.39, 0.29) is 6.04 Å². The average molecular weight is 427 g/mol. The van der Waals surface area contributed by atoms with Crippen molar-refractivity contribution in [1.82, 2.24) is 15.0 Å². The van der Waals surface area contributed by atoms with Crippen molar-refractivity contribution in [3.05, 3.63) is 95.6 Å². The van der Waals surface area contributed by atoms with Crippen LogP contribution in [0.2, 0.25) is 0 Å². The highest BCUT2D eigenvalue weighted by Gasteiger charge is 2.35. The number of benzene rings is 3. The molecular weight excluding hydrogens is 411 g/mol. The lowest BCUT2D eigenvalue weighted by atomic mass is 9.98. The molecule has 4 aromatic rings. The topological polar surface area (TPSA) is 93.9 Å². The fourth-order valence-corrected chi connectivity index (χ4v) is 3.83. The first kappa shape index (κ1) is 20.3. The zero-order valence-corrected chi connectivity index (χ0v) is 16.5. The Morgan fingerprint density at radius 2 is 1.57 bits per heavy atom. The third-order valence-corrected chi connectivity index (χ3v) is 5.88. The Morgan fingerprint density at radius 1 is 0.933 bits per heavy atom. The normalized spacial score (nSPS) is 13.5. The lowest BCUT2D eigenvalue weighted by Gasteiger charge is -2.37. The summed E-state index contributed by atoms with van der Waals surface area (Å²) >= 11 is 0. The van der Waals surface area contributed by atoms with E-state index in [1.807, 2.05) is 54.6 Å². The Hall–Kier alpha value is -2.93. The van der Waals surface area contributed by atoms with Crippen molar-refractivity contribution >= 4 is 18.6 Å². The first-order valence-electron chi connectivity index (χ1n) is 9.11. The molecule has 154 valence electrons. The molecule has 0 saturated heterocycles. The molecule has 0 fully saturated rings. The van der Waals surface area contributed by atoms with E-state index in [9.17, 15) is 23.1 Å². The van der Waals surface area contributed by atoms with E-state index in [1.54, 1.807) is 4.68 Å². The van der Waals surface area contributed by atoms with Gasteiger partial charge in [-0.3, -0.25) is 0 Å². The highest BCUT2D eigenvalue weighted by molar-refractivity contribution is 7.49. The Kier molecular flexibility index (Phi) is 5.24. The molecule has 0 aliphatic carbocycles. The van der Waals surface area contributed by atoms with Crippen LogP contribution in [0.25, 0.3) is 11.0 Å². The average Bonchev–Trinajstić information content (AvgIpc) is 3.16. The summed E-state index contributed by atoms with van der Waals surface area (Å²) in [7, 11) is -6.10.